The van der Waals surface area contributed by atoms with Crippen LogP contribution in [-0.4, -0.2) is 47.7 Å². The summed E-state index contributed by atoms with van der Waals surface area (Å²) in [6, 6.07) is 0.0227. The number of hydrogen-bond acceptors (Lipinski definition) is 3. The fraction of sp³-hybridized carbons (Fsp3) is 0.923. The van der Waals surface area contributed by atoms with Crippen LogP contribution in [0, 0.1) is 5.92 Å². The molecule has 0 bridgehead atoms. The fourth-order valence-electron chi connectivity index (χ4n) is 2.99. The zero-order chi connectivity index (χ0) is 12.3. The Morgan fingerprint density at radius 1 is 1.35 bits per heavy atom. The lowest BCUT2D eigenvalue weighted by Gasteiger charge is -2.35. The molecular formula is C13H24N2O2. The smallest absolute Gasteiger partial charge is 0.242 e. The van der Waals surface area contributed by atoms with Crippen molar-refractivity contribution in [3.05, 3.63) is 0 Å². The van der Waals surface area contributed by atoms with Crippen LogP contribution in [0.15, 0.2) is 0 Å². The minimum Gasteiger partial charge on any atom is -0.394 e. The van der Waals surface area contributed by atoms with Crippen LogP contribution in [0.5, 0.6) is 0 Å². The predicted octanol–water partition coefficient (Wildman–Crippen LogP) is 0.748. The SMILES string of the molecule is CC1CNC(CO)C(=O)N(C2CCCCC2)C1. The van der Waals surface area contributed by atoms with Gasteiger partial charge in [0, 0.05) is 19.1 Å². The molecule has 4 heteroatoms. The fourth-order valence-corrected chi connectivity index (χ4v) is 2.99. The number of aliphatic hydroxyl groups is 1. The minimum absolute atomic E-state index is 0.0885. The lowest BCUT2D eigenvalue weighted by molar-refractivity contribution is -0.136. The molecular weight excluding hydrogens is 216 g/mol. The van der Waals surface area contributed by atoms with Crippen molar-refractivity contribution in [2.75, 3.05) is 19.7 Å². The second-order valence-electron chi connectivity index (χ2n) is 5.53. The summed E-state index contributed by atoms with van der Waals surface area (Å²) in [5.74, 6) is 0.571. The number of nitrogens with zero attached hydrogens (tertiary/aromatic N) is 1. The van der Waals surface area contributed by atoms with Crippen molar-refractivity contribution in [1.82, 2.24) is 10.2 Å². The first-order chi connectivity index (χ1) is 8.22. The first kappa shape index (κ1) is 12.8. The molecule has 2 rings (SSSR count). The van der Waals surface area contributed by atoms with Gasteiger partial charge in [-0.3, -0.25) is 4.79 Å². The van der Waals surface area contributed by atoms with E-state index in [2.05, 4.69) is 12.2 Å². The second kappa shape index (κ2) is 5.83. The normalized spacial score (nSPS) is 32.6. The highest BCUT2D eigenvalue weighted by Crippen LogP contribution is 2.24. The molecule has 1 amide bonds. The maximum atomic E-state index is 12.3. The predicted molar refractivity (Wildman–Crippen MR) is 66.6 cm³/mol. The van der Waals surface area contributed by atoms with Crippen LogP contribution in [0.25, 0.3) is 0 Å². The maximum absolute atomic E-state index is 12.3. The Labute approximate surface area is 103 Å². The van der Waals surface area contributed by atoms with Crippen molar-refractivity contribution in [1.29, 1.82) is 0 Å². The van der Waals surface area contributed by atoms with Crippen molar-refractivity contribution in [3.63, 3.8) is 0 Å². The molecule has 0 aromatic carbocycles. The Kier molecular flexibility index (Phi) is 4.40. The van der Waals surface area contributed by atoms with Crippen LogP contribution >= 0.6 is 0 Å². The molecule has 4 nitrogen and oxygen atoms in total. The third kappa shape index (κ3) is 2.99. The van der Waals surface area contributed by atoms with Gasteiger partial charge < -0.3 is 15.3 Å². The van der Waals surface area contributed by atoms with Gasteiger partial charge >= 0.3 is 0 Å². The lowest BCUT2D eigenvalue weighted by Crippen LogP contribution is -2.50. The number of hydrogen-bond donors (Lipinski definition) is 2. The molecule has 1 aliphatic heterocycles. The van der Waals surface area contributed by atoms with Crippen molar-refractivity contribution in [2.24, 2.45) is 5.92 Å². The van der Waals surface area contributed by atoms with Gasteiger partial charge in [0.25, 0.3) is 0 Å². The summed E-state index contributed by atoms with van der Waals surface area (Å²) in [7, 11) is 0. The third-order valence-corrected chi connectivity index (χ3v) is 4.00. The van der Waals surface area contributed by atoms with Crippen molar-refractivity contribution < 1.29 is 9.90 Å². The van der Waals surface area contributed by atoms with E-state index in [-0.39, 0.29) is 18.6 Å². The Bertz CT molecular complexity index is 264. The van der Waals surface area contributed by atoms with E-state index >= 15 is 0 Å². The van der Waals surface area contributed by atoms with E-state index in [1.54, 1.807) is 0 Å². The van der Waals surface area contributed by atoms with Crippen LogP contribution in [0.1, 0.15) is 39.0 Å². The molecule has 1 heterocycles. The molecule has 0 aromatic rings. The average Bonchev–Trinajstić information content (AvgIpc) is 2.50. The Balaban J connectivity index is 2.07. The van der Waals surface area contributed by atoms with Crippen LogP contribution in [0.4, 0.5) is 0 Å². The van der Waals surface area contributed by atoms with E-state index in [9.17, 15) is 9.90 Å². The van der Waals surface area contributed by atoms with E-state index in [1.165, 1.54) is 19.3 Å². The first-order valence-electron chi connectivity index (χ1n) is 6.87. The van der Waals surface area contributed by atoms with Crippen LogP contribution in [0.3, 0.4) is 0 Å². The highest BCUT2D eigenvalue weighted by atomic mass is 16.3. The number of aliphatic hydroxyl groups excluding tert-OH is 1. The van der Waals surface area contributed by atoms with Gasteiger partial charge in [0.2, 0.25) is 5.91 Å². The van der Waals surface area contributed by atoms with Gasteiger partial charge in [-0.25, -0.2) is 0 Å². The van der Waals surface area contributed by atoms with Crippen LogP contribution in [-0.2, 0) is 4.79 Å². The van der Waals surface area contributed by atoms with E-state index in [0.29, 0.717) is 12.0 Å². The molecule has 2 fully saturated rings. The summed E-state index contributed by atoms with van der Waals surface area (Å²) in [6.45, 7) is 3.73. The summed E-state index contributed by atoms with van der Waals surface area (Å²) < 4.78 is 0. The van der Waals surface area contributed by atoms with Gasteiger partial charge in [-0.15, -0.1) is 0 Å². The Hall–Kier alpha value is -0.610. The van der Waals surface area contributed by atoms with Gasteiger partial charge in [-0.1, -0.05) is 26.2 Å². The molecule has 0 spiro atoms. The Morgan fingerprint density at radius 2 is 2.06 bits per heavy atom. The highest BCUT2D eigenvalue weighted by Gasteiger charge is 2.33. The molecule has 2 aliphatic rings. The average molecular weight is 240 g/mol. The summed E-state index contributed by atoms with van der Waals surface area (Å²) in [6.07, 6.45) is 6.04. The van der Waals surface area contributed by atoms with Crippen molar-refractivity contribution >= 4 is 5.91 Å². The molecule has 0 radical (unpaired) electrons. The molecule has 1 aliphatic carbocycles. The van der Waals surface area contributed by atoms with E-state index < -0.39 is 0 Å². The highest BCUT2D eigenvalue weighted by molar-refractivity contribution is 5.82. The topological polar surface area (TPSA) is 52.6 Å². The van der Waals surface area contributed by atoms with Crippen LogP contribution in [0.2, 0.25) is 0 Å². The number of carbonyl (C=O) groups is 1. The minimum atomic E-state index is -0.387. The molecule has 1 saturated heterocycles. The largest absolute Gasteiger partial charge is 0.394 e. The zero-order valence-electron chi connectivity index (χ0n) is 10.7. The second-order valence-corrected chi connectivity index (χ2v) is 5.53. The molecule has 2 unspecified atom stereocenters. The van der Waals surface area contributed by atoms with Gasteiger partial charge in [0.05, 0.1) is 6.61 Å². The molecule has 1 saturated carbocycles. The Morgan fingerprint density at radius 3 is 2.71 bits per heavy atom. The maximum Gasteiger partial charge on any atom is 0.242 e. The summed E-state index contributed by atoms with van der Waals surface area (Å²) in [5.41, 5.74) is 0. The van der Waals surface area contributed by atoms with E-state index in [1.807, 2.05) is 4.90 Å². The number of rotatable bonds is 2. The molecule has 98 valence electrons. The van der Waals surface area contributed by atoms with Crippen LogP contribution < -0.4 is 5.32 Å². The van der Waals surface area contributed by atoms with E-state index in [0.717, 1.165) is 25.9 Å². The molecule has 2 atom stereocenters. The zero-order valence-corrected chi connectivity index (χ0v) is 10.7. The standard InChI is InChI=1S/C13H24N2O2/c1-10-7-14-12(9-16)13(17)15(8-10)11-5-3-2-4-6-11/h10-12,14,16H,2-9H2,1H3. The third-order valence-electron chi connectivity index (χ3n) is 4.00. The molecule has 0 aromatic heterocycles. The number of amides is 1. The number of nitrogens with one attached hydrogen (secondary N) is 1. The van der Waals surface area contributed by atoms with Gasteiger partial charge in [-0.2, -0.15) is 0 Å². The monoisotopic (exact) mass is 240 g/mol. The van der Waals surface area contributed by atoms with Crippen molar-refractivity contribution in [3.8, 4) is 0 Å². The lowest BCUT2D eigenvalue weighted by atomic mass is 9.93. The number of carbonyl (C=O) groups excluding carboxylic acids is 1. The van der Waals surface area contributed by atoms with Gasteiger partial charge in [0.1, 0.15) is 6.04 Å². The van der Waals surface area contributed by atoms with E-state index in [4.69, 9.17) is 0 Å². The summed E-state index contributed by atoms with van der Waals surface area (Å²) in [4.78, 5) is 14.4. The molecule has 2 N–H and O–H groups in total. The summed E-state index contributed by atoms with van der Waals surface area (Å²) >= 11 is 0. The first-order valence-corrected chi connectivity index (χ1v) is 6.87. The summed E-state index contributed by atoms with van der Waals surface area (Å²) in [5, 5.41) is 12.4. The quantitative estimate of drug-likeness (QED) is 0.749. The van der Waals surface area contributed by atoms with Gasteiger partial charge in [-0.05, 0) is 18.8 Å². The molecule has 17 heavy (non-hydrogen) atoms. The van der Waals surface area contributed by atoms with Gasteiger partial charge in [0.15, 0.2) is 0 Å². The van der Waals surface area contributed by atoms with Crippen molar-refractivity contribution in [2.45, 2.75) is 51.1 Å².